The first-order chi connectivity index (χ1) is 6.22. The maximum absolute atomic E-state index is 5.61. The van der Waals surface area contributed by atoms with Crippen molar-refractivity contribution in [1.82, 2.24) is 4.98 Å². The van der Waals surface area contributed by atoms with Gasteiger partial charge in [-0.2, -0.15) is 0 Å². The third kappa shape index (κ3) is 1.61. The summed E-state index contributed by atoms with van der Waals surface area (Å²) in [6, 6.07) is 0. The molecule has 2 N–H and O–H groups in total. The second kappa shape index (κ2) is 3.14. The molecule has 72 valence electrons. The van der Waals surface area contributed by atoms with E-state index in [9.17, 15) is 0 Å². The zero-order chi connectivity index (χ0) is 9.42. The summed E-state index contributed by atoms with van der Waals surface area (Å²) in [5.41, 5.74) is 6.63. The topological polar surface area (TPSA) is 52.0 Å². The summed E-state index contributed by atoms with van der Waals surface area (Å²) in [7, 11) is 0. The van der Waals surface area contributed by atoms with Crippen molar-refractivity contribution in [3.8, 4) is 0 Å². The summed E-state index contributed by atoms with van der Waals surface area (Å²) < 4.78 is 5.61. The molecule has 0 aromatic carbocycles. The lowest BCUT2D eigenvalue weighted by molar-refractivity contribution is 0.455. The molecule has 0 radical (unpaired) electrons. The summed E-state index contributed by atoms with van der Waals surface area (Å²) in [5, 5.41) is 0. The van der Waals surface area contributed by atoms with Crippen LogP contribution in [-0.2, 0) is 6.54 Å². The molecule has 1 aliphatic carbocycles. The fraction of sp³-hybridized carbons (Fsp3) is 0.700. The molecule has 1 heterocycles. The first-order valence-electron chi connectivity index (χ1n) is 4.92. The highest BCUT2D eigenvalue weighted by Crippen LogP contribution is 2.40. The molecule has 0 saturated heterocycles. The molecule has 3 nitrogen and oxygen atoms in total. The van der Waals surface area contributed by atoms with Crippen LogP contribution in [0.15, 0.2) is 4.42 Å². The van der Waals surface area contributed by atoms with E-state index >= 15 is 0 Å². The average molecular weight is 180 g/mol. The highest BCUT2D eigenvalue weighted by Gasteiger charge is 2.30. The lowest BCUT2D eigenvalue weighted by Gasteiger charge is -1.99. The third-order valence-corrected chi connectivity index (χ3v) is 2.40. The SMILES string of the molecule is CC(C)c1nc(C2CC2)oc1CN. The van der Waals surface area contributed by atoms with Crippen molar-refractivity contribution in [2.24, 2.45) is 5.73 Å². The minimum absolute atomic E-state index is 0.412. The minimum Gasteiger partial charge on any atom is -0.444 e. The van der Waals surface area contributed by atoms with E-state index in [1.807, 2.05) is 0 Å². The normalized spacial score (nSPS) is 16.9. The minimum atomic E-state index is 0.412. The van der Waals surface area contributed by atoms with Crippen LogP contribution in [0.25, 0.3) is 0 Å². The monoisotopic (exact) mass is 180 g/mol. The van der Waals surface area contributed by atoms with Crippen LogP contribution in [-0.4, -0.2) is 4.98 Å². The van der Waals surface area contributed by atoms with Crippen molar-refractivity contribution in [2.75, 3.05) is 0 Å². The average Bonchev–Trinajstić information content (AvgIpc) is 2.84. The van der Waals surface area contributed by atoms with E-state index in [1.165, 1.54) is 12.8 Å². The molecule has 2 rings (SSSR count). The lowest BCUT2D eigenvalue weighted by atomic mass is 10.1. The first kappa shape index (κ1) is 8.75. The zero-order valence-corrected chi connectivity index (χ0v) is 8.21. The Morgan fingerprint density at radius 1 is 1.54 bits per heavy atom. The highest BCUT2D eigenvalue weighted by atomic mass is 16.4. The van der Waals surface area contributed by atoms with E-state index in [0.717, 1.165) is 17.3 Å². The summed E-state index contributed by atoms with van der Waals surface area (Å²) in [6.45, 7) is 4.70. The van der Waals surface area contributed by atoms with Crippen molar-refractivity contribution in [2.45, 2.75) is 45.1 Å². The van der Waals surface area contributed by atoms with Gasteiger partial charge < -0.3 is 10.2 Å². The number of hydrogen-bond donors (Lipinski definition) is 1. The van der Waals surface area contributed by atoms with Crippen LogP contribution in [0, 0.1) is 0 Å². The molecule has 13 heavy (non-hydrogen) atoms. The largest absolute Gasteiger partial charge is 0.444 e. The van der Waals surface area contributed by atoms with Crippen LogP contribution in [0.5, 0.6) is 0 Å². The van der Waals surface area contributed by atoms with Gasteiger partial charge in [-0.3, -0.25) is 0 Å². The molecule has 0 spiro atoms. The van der Waals surface area contributed by atoms with E-state index in [1.54, 1.807) is 0 Å². The molecule has 3 heteroatoms. The van der Waals surface area contributed by atoms with E-state index in [4.69, 9.17) is 10.2 Å². The molecule has 0 aliphatic heterocycles. The molecule has 1 aliphatic rings. The smallest absolute Gasteiger partial charge is 0.197 e. The second-order valence-corrected chi connectivity index (χ2v) is 3.99. The molecule has 1 saturated carbocycles. The van der Waals surface area contributed by atoms with Crippen LogP contribution in [0.1, 0.15) is 55.9 Å². The molecular weight excluding hydrogens is 164 g/mol. The maximum atomic E-state index is 5.61. The summed E-state index contributed by atoms with van der Waals surface area (Å²) in [6.07, 6.45) is 2.45. The molecule has 0 bridgehead atoms. The van der Waals surface area contributed by atoms with Gasteiger partial charge in [0.15, 0.2) is 5.89 Å². The van der Waals surface area contributed by atoms with Crippen LogP contribution < -0.4 is 5.73 Å². The van der Waals surface area contributed by atoms with E-state index in [-0.39, 0.29) is 0 Å². The van der Waals surface area contributed by atoms with Crippen molar-refractivity contribution < 1.29 is 4.42 Å². The number of nitrogens with two attached hydrogens (primary N) is 1. The van der Waals surface area contributed by atoms with Crippen LogP contribution in [0.3, 0.4) is 0 Å². The number of rotatable bonds is 3. The quantitative estimate of drug-likeness (QED) is 0.775. The van der Waals surface area contributed by atoms with Gasteiger partial charge in [-0.25, -0.2) is 4.98 Å². The van der Waals surface area contributed by atoms with Crippen LogP contribution in [0.2, 0.25) is 0 Å². The van der Waals surface area contributed by atoms with Crippen molar-refractivity contribution in [3.63, 3.8) is 0 Å². The van der Waals surface area contributed by atoms with Crippen molar-refractivity contribution >= 4 is 0 Å². The fourth-order valence-electron chi connectivity index (χ4n) is 1.48. The van der Waals surface area contributed by atoms with Gasteiger partial charge in [-0.1, -0.05) is 13.8 Å². The Labute approximate surface area is 78.3 Å². The fourth-order valence-corrected chi connectivity index (χ4v) is 1.48. The summed E-state index contributed by atoms with van der Waals surface area (Å²) in [5.74, 6) is 2.77. The second-order valence-electron chi connectivity index (χ2n) is 3.99. The Hall–Kier alpha value is -0.830. The molecule has 0 amide bonds. The molecule has 1 aromatic rings. The third-order valence-electron chi connectivity index (χ3n) is 2.40. The Morgan fingerprint density at radius 3 is 2.62 bits per heavy atom. The standard InChI is InChI=1S/C10H16N2O/c1-6(2)9-8(5-11)13-10(12-9)7-3-4-7/h6-7H,3-5,11H2,1-2H3. The Balaban J connectivity index is 2.30. The maximum Gasteiger partial charge on any atom is 0.197 e. The van der Waals surface area contributed by atoms with E-state index in [0.29, 0.717) is 18.4 Å². The molecular formula is C10H16N2O. The van der Waals surface area contributed by atoms with E-state index < -0.39 is 0 Å². The Bertz CT molecular complexity index is 300. The predicted octanol–water partition coefficient (Wildman–Crippen LogP) is 2.13. The number of aromatic nitrogens is 1. The number of hydrogen-bond acceptors (Lipinski definition) is 3. The van der Waals surface area contributed by atoms with Gasteiger partial charge in [-0.15, -0.1) is 0 Å². The zero-order valence-electron chi connectivity index (χ0n) is 8.21. The highest BCUT2D eigenvalue weighted by molar-refractivity contribution is 5.17. The van der Waals surface area contributed by atoms with Crippen molar-refractivity contribution in [3.05, 3.63) is 17.3 Å². The summed E-state index contributed by atoms with van der Waals surface area (Å²) in [4.78, 5) is 4.50. The van der Waals surface area contributed by atoms with Crippen molar-refractivity contribution in [1.29, 1.82) is 0 Å². The van der Waals surface area contributed by atoms with Gasteiger partial charge in [0, 0.05) is 5.92 Å². The van der Waals surface area contributed by atoms with Gasteiger partial charge in [0.1, 0.15) is 5.76 Å². The Morgan fingerprint density at radius 2 is 2.23 bits per heavy atom. The van der Waals surface area contributed by atoms with Gasteiger partial charge >= 0.3 is 0 Å². The van der Waals surface area contributed by atoms with Gasteiger partial charge in [0.25, 0.3) is 0 Å². The van der Waals surface area contributed by atoms with Gasteiger partial charge in [-0.05, 0) is 18.8 Å². The molecule has 0 atom stereocenters. The molecule has 0 unspecified atom stereocenters. The lowest BCUT2D eigenvalue weighted by Crippen LogP contribution is -2.00. The van der Waals surface area contributed by atoms with Crippen LogP contribution in [0.4, 0.5) is 0 Å². The van der Waals surface area contributed by atoms with Crippen LogP contribution >= 0.6 is 0 Å². The predicted molar refractivity (Wildman–Crippen MR) is 50.5 cm³/mol. The number of nitrogens with zero attached hydrogens (tertiary/aromatic N) is 1. The molecule has 1 aromatic heterocycles. The summed E-state index contributed by atoms with van der Waals surface area (Å²) >= 11 is 0. The molecule has 1 fully saturated rings. The first-order valence-corrected chi connectivity index (χ1v) is 4.92. The van der Waals surface area contributed by atoms with Gasteiger partial charge in [0.2, 0.25) is 0 Å². The number of oxazole rings is 1. The van der Waals surface area contributed by atoms with E-state index in [2.05, 4.69) is 18.8 Å². The van der Waals surface area contributed by atoms with Gasteiger partial charge in [0.05, 0.1) is 12.2 Å². The Kier molecular flexibility index (Phi) is 2.12.